The molecule has 0 spiro atoms. The highest BCUT2D eigenvalue weighted by Gasteiger charge is 2.16. The van der Waals surface area contributed by atoms with E-state index in [0.29, 0.717) is 12.0 Å². The van der Waals surface area contributed by atoms with E-state index in [1.54, 1.807) is 0 Å². The van der Waals surface area contributed by atoms with Crippen LogP contribution in [0.4, 0.5) is 0 Å². The Morgan fingerprint density at radius 1 is 1.11 bits per heavy atom. The second kappa shape index (κ2) is 7.57. The van der Waals surface area contributed by atoms with E-state index in [1.165, 1.54) is 0 Å². The van der Waals surface area contributed by atoms with Gasteiger partial charge in [0, 0.05) is 18.7 Å². The summed E-state index contributed by atoms with van der Waals surface area (Å²) < 4.78 is 2.11. The summed E-state index contributed by atoms with van der Waals surface area (Å²) in [7, 11) is 0. The highest BCUT2D eigenvalue weighted by Crippen LogP contribution is 2.17. The minimum Gasteiger partial charge on any atom is -0.327 e. The lowest BCUT2D eigenvalue weighted by atomic mass is 9.92. The largest absolute Gasteiger partial charge is 0.327 e. The molecule has 1 atom stereocenters. The molecule has 1 heterocycles. The van der Waals surface area contributed by atoms with Crippen molar-refractivity contribution < 1.29 is 0 Å². The van der Waals surface area contributed by atoms with Gasteiger partial charge in [-0.2, -0.15) is 5.10 Å². The summed E-state index contributed by atoms with van der Waals surface area (Å²) in [6.07, 6.45) is 7.59. The highest BCUT2D eigenvalue weighted by molar-refractivity contribution is 5.02. The van der Waals surface area contributed by atoms with E-state index in [4.69, 9.17) is 5.73 Å². The van der Waals surface area contributed by atoms with Gasteiger partial charge in [0.05, 0.1) is 11.7 Å². The number of hydrogen-bond acceptors (Lipinski definition) is 2. The molecular weight excluding hydrogens is 222 g/mol. The zero-order chi connectivity index (χ0) is 13.5. The van der Waals surface area contributed by atoms with Crippen LogP contribution in [-0.4, -0.2) is 15.8 Å². The summed E-state index contributed by atoms with van der Waals surface area (Å²) >= 11 is 0. The van der Waals surface area contributed by atoms with Gasteiger partial charge in [-0.05, 0) is 24.8 Å². The Kier molecular flexibility index (Phi) is 6.41. The Hall–Kier alpha value is -0.830. The molecule has 3 heteroatoms. The van der Waals surface area contributed by atoms with Crippen LogP contribution in [0.5, 0.6) is 0 Å². The van der Waals surface area contributed by atoms with Crippen molar-refractivity contribution >= 4 is 0 Å². The van der Waals surface area contributed by atoms with Gasteiger partial charge in [-0.3, -0.25) is 4.68 Å². The maximum atomic E-state index is 6.27. The van der Waals surface area contributed by atoms with Crippen LogP contribution in [0.25, 0.3) is 0 Å². The normalized spacial score (nSPS) is 13.5. The molecule has 1 aromatic heterocycles. The first-order valence-electron chi connectivity index (χ1n) is 7.45. The molecule has 1 unspecified atom stereocenters. The minimum atomic E-state index is 0.241. The van der Waals surface area contributed by atoms with Gasteiger partial charge in [0.1, 0.15) is 0 Å². The lowest BCUT2D eigenvalue weighted by Crippen LogP contribution is -2.31. The first-order chi connectivity index (χ1) is 8.65. The first-order valence-corrected chi connectivity index (χ1v) is 7.45. The lowest BCUT2D eigenvalue weighted by molar-refractivity contribution is 0.385. The second-order valence-corrected chi connectivity index (χ2v) is 5.20. The summed E-state index contributed by atoms with van der Waals surface area (Å²) in [6.45, 7) is 8.87. The van der Waals surface area contributed by atoms with E-state index in [-0.39, 0.29) is 6.04 Å². The molecule has 0 bridgehead atoms. The molecule has 1 aromatic rings. The summed E-state index contributed by atoms with van der Waals surface area (Å²) in [6, 6.07) is 2.90. The molecule has 0 saturated carbocycles. The van der Waals surface area contributed by atoms with E-state index >= 15 is 0 Å². The molecule has 0 aliphatic carbocycles. The molecule has 0 saturated heterocycles. The number of rotatable bonds is 8. The van der Waals surface area contributed by atoms with E-state index in [1.807, 2.05) is 0 Å². The van der Waals surface area contributed by atoms with Crippen LogP contribution in [0.1, 0.15) is 65.1 Å². The Bertz CT molecular complexity index is 324. The third-order valence-corrected chi connectivity index (χ3v) is 4.08. The van der Waals surface area contributed by atoms with Crippen molar-refractivity contribution in [3.8, 4) is 0 Å². The Morgan fingerprint density at radius 3 is 2.22 bits per heavy atom. The van der Waals surface area contributed by atoms with Crippen LogP contribution in [-0.2, 0) is 6.42 Å². The molecule has 0 aliphatic heterocycles. The van der Waals surface area contributed by atoms with Gasteiger partial charge < -0.3 is 5.73 Å². The maximum Gasteiger partial charge on any atom is 0.0640 e. The van der Waals surface area contributed by atoms with Gasteiger partial charge in [0.2, 0.25) is 0 Å². The Labute approximate surface area is 112 Å². The van der Waals surface area contributed by atoms with Crippen LogP contribution in [0, 0.1) is 5.92 Å². The maximum absolute atomic E-state index is 6.27. The van der Waals surface area contributed by atoms with Crippen LogP contribution < -0.4 is 5.73 Å². The number of aromatic nitrogens is 2. The van der Waals surface area contributed by atoms with Crippen LogP contribution in [0.2, 0.25) is 0 Å². The third kappa shape index (κ3) is 3.84. The van der Waals surface area contributed by atoms with Crippen molar-refractivity contribution in [2.24, 2.45) is 11.7 Å². The fraction of sp³-hybridized carbons (Fsp3) is 0.800. The summed E-state index contributed by atoms with van der Waals surface area (Å²) in [5, 5.41) is 4.68. The zero-order valence-electron chi connectivity index (χ0n) is 12.4. The lowest BCUT2D eigenvalue weighted by Gasteiger charge is -2.20. The predicted molar refractivity (Wildman–Crippen MR) is 77.6 cm³/mol. The van der Waals surface area contributed by atoms with Crippen molar-refractivity contribution in [3.63, 3.8) is 0 Å². The number of nitrogens with zero attached hydrogens (tertiary/aromatic N) is 2. The zero-order valence-corrected chi connectivity index (χ0v) is 12.4. The van der Waals surface area contributed by atoms with Crippen molar-refractivity contribution in [2.75, 3.05) is 0 Å². The van der Waals surface area contributed by atoms with Gasteiger partial charge in [-0.1, -0.05) is 40.5 Å². The fourth-order valence-electron chi connectivity index (χ4n) is 2.65. The molecular formula is C15H29N3. The van der Waals surface area contributed by atoms with Gasteiger partial charge in [-0.15, -0.1) is 0 Å². The smallest absolute Gasteiger partial charge is 0.0640 e. The van der Waals surface area contributed by atoms with Crippen molar-refractivity contribution in [1.29, 1.82) is 0 Å². The van der Waals surface area contributed by atoms with Crippen molar-refractivity contribution in [3.05, 3.63) is 18.0 Å². The van der Waals surface area contributed by atoms with E-state index in [2.05, 4.69) is 49.7 Å². The third-order valence-electron chi connectivity index (χ3n) is 4.08. The number of hydrogen-bond donors (Lipinski definition) is 1. The van der Waals surface area contributed by atoms with Crippen molar-refractivity contribution in [2.45, 2.75) is 71.9 Å². The summed E-state index contributed by atoms with van der Waals surface area (Å²) in [5.41, 5.74) is 7.41. The van der Waals surface area contributed by atoms with Crippen LogP contribution >= 0.6 is 0 Å². The van der Waals surface area contributed by atoms with E-state index in [0.717, 1.165) is 37.8 Å². The minimum absolute atomic E-state index is 0.241. The van der Waals surface area contributed by atoms with E-state index in [9.17, 15) is 0 Å². The van der Waals surface area contributed by atoms with E-state index < -0.39 is 0 Å². The predicted octanol–water partition coefficient (Wildman–Crippen LogP) is 3.55. The molecule has 104 valence electrons. The molecule has 0 fully saturated rings. The molecule has 0 aromatic carbocycles. The van der Waals surface area contributed by atoms with Gasteiger partial charge >= 0.3 is 0 Å². The average Bonchev–Trinajstić information content (AvgIpc) is 2.81. The molecule has 3 nitrogen and oxygen atoms in total. The topological polar surface area (TPSA) is 43.8 Å². The second-order valence-electron chi connectivity index (χ2n) is 5.20. The SMILES string of the molecule is CCC(CC)C(N)Cc1ccn(C(CC)CC)n1. The summed E-state index contributed by atoms with van der Waals surface area (Å²) in [4.78, 5) is 0. The molecule has 0 aliphatic rings. The van der Waals surface area contributed by atoms with Crippen LogP contribution in [0.3, 0.4) is 0 Å². The number of nitrogens with two attached hydrogens (primary N) is 1. The van der Waals surface area contributed by atoms with Gasteiger partial charge in [0.15, 0.2) is 0 Å². The van der Waals surface area contributed by atoms with Crippen molar-refractivity contribution in [1.82, 2.24) is 9.78 Å². The quantitative estimate of drug-likeness (QED) is 0.768. The molecule has 2 N–H and O–H groups in total. The van der Waals surface area contributed by atoms with Gasteiger partial charge in [0.25, 0.3) is 0 Å². The summed E-state index contributed by atoms with van der Waals surface area (Å²) in [5.74, 6) is 0.614. The molecule has 0 radical (unpaired) electrons. The highest BCUT2D eigenvalue weighted by atomic mass is 15.3. The van der Waals surface area contributed by atoms with Crippen LogP contribution in [0.15, 0.2) is 12.3 Å². The molecule has 0 amide bonds. The van der Waals surface area contributed by atoms with Gasteiger partial charge in [-0.25, -0.2) is 0 Å². The monoisotopic (exact) mass is 251 g/mol. The fourth-order valence-corrected chi connectivity index (χ4v) is 2.65. The Morgan fingerprint density at radius 2 is 1.72 bits per heavy atom. The standard InChI is InChI=1S/C15H29N3/c1-5-12(6-2)15(16)11-13-9-10-18(17-13)14(7-3)8-4/h9-10,12,14-15H,5-8,11,16H2,1-4H3. The molecule has 18 heavy (non-hydrogen) atoms. The first kappa shape index (κ1) is 15.2. The average molecular weight is 251 g/mol. The molecule has 1 rings (SSSR count). The Balaban J connectivity index is 2.63.